The first kappa shape index (κ1) is 30.2. The lowest BCUT2D eigenvalue weighted by molar-refractivity contribution is -0.385. The number of ether oxygens (including phenoxy) is 2. The maximum Gasteiger partial charge on any atom is 0.407 e. The van der Waals surface area contributed by atoms with E-state index in [1.807, 2.05) is 0 Å². The van der Waals surface area contributed by atoms with Crippen LogP contribution >= 0.6 is 27.7 Å². The third-order valence-corrected chi connectivity index (χ3v) is 8.22. The Hall–Kier alpha value is -3.75. The molecule has 2 N–H and O–H groups in total. The number of carbonyl (C=O) groups is 4. The van der Waals surface area contributed by atoms with Gasteiger partial charge in [-0.2, -0.15) is 0 Å². The van der Waals surface area contributed by atoms with Gasteiger partial charge in [-0.1, -0.05) is 40.2 Å². The number of Topliss-reactive ketones (excluding diaryl/α,β-unsaturated/α-hetero) is 1. The van der Waals surface area contributed by atoms with E-state index in [4.69, 9.17) is 9.47 Å². The third kappa shape index (κ3) is 6.94. The minimum atomic E-state index is -0.902. The summed E-state index contributed by atoms with van der Waals surface area (Å²) in [7, 11) is 0. The lowest BCUT2D eigenvalue weighted by Gasteiger charge is -2.44. The van der Waals surface area contributed by atoms with Crippen molar-refractivity contribution >= 4 is 57.1 Å². The number of para-hydroxylation sites is 1. The van der Waals surface area contributed by atoms with E-state index < -0.39 is 53.3 Å². The molecule has 0 radical (unpaired) electrons. The average Bonchev–Trinajstić information content (AvgIpc) is 3.26. The highest BCUT2D eigenvalue weighted by Gasteiger charge is 2.57. The smallest absolute Gasteiger partial charge is 0.407 e. The number of carbonyl (C=O) groups excluding carboxylic acids is 4. The van der Waals surface area contributed by atoms with Gasteiger partial charge in [-0.3, -0.25) is 19.7 Å². The zero-order valence-corrected chi connectivity index (χ0v) is 24.2. The zero-order valence-electron chi connectivity index (χ0n) is 21.8. The molecular weight excluding hydrogens is 622 g/mol. The minimum absolute atomic E-state index is 0.0319. The monoisotopic (exact) mass is 647 g/mol. The van der Waals surface area contributed by atoms with Crippen LogP contribution in [0, 0.1) is 16.0 Å². The maximum absolute atomic E-state index is 13.0. The number of hydrogen-bond donors (Lipinski definition) is 2. The van der Waals surface area contributed by atoms with Crippen LogP contribution in [0.2, 0.25) is 0 Å². The number of nitro benzene ring substituents is 1. The molecule has 4 rings (SSSR count). The van der Waals surface area contributed by atoms with Gasteiger partial charge >= 0.3 is 12.1 Å². The molecule has 0 bridgehead atoms. The van der Waals surface area contributed by atoms with E-state index in [0.717, 1.165) is 4.47 Å². The molecule has 0 unspecified atom stereocenters. The van der Waals surface area contributed by atoms with Crippen molar-refractivity contribution in [2.24, 2.45) is 5.92 Å². The van der Waals surface area contributed by atoms with Crippen LogP contribution in [0.5, 0.6) is 0 Å². The van der Waals surface area contributed by atoms with E-state index in [9.17, 15) is 34.4 Å². The molecule has 0 aliphatic carbocycles. The van der Waals surface area contributed by atoms with Crippen molar-refractivity contribution in [3.63, 3.8) is 0 Å². The van der Waals surface area contributed by atoms with E-state index in [0.29, 0.717) is 22.6 Å². The normalized spacial score (nSPS) is 18.3. The molecule has 0 aromatic heterocycles. The summed E-state index contributed by atoms with van der Waals surface area (Å²) in [6, 6.07) is 12.1. The largest absolute Gasteiger partial charge is 0.453 e. The Morgan fingerprint density at radius 3 is 2.59 bits per heavy atom. The fourth-order valence-corrected chi connectivity index (χ4v) is 5.92. The predicted molar refractivity (Wildman–Crippen MR) is 151 cm³/mol. The molecule has 12 nitrogen and oxygen atoms in total. The number of thioether (sulfide) groups is 1. The molecule has 2 aliphatic heterocycles. The molecule has 2 aromatic carbocycles. The summed E-state index contributed by atoms with van der Waals surface area (Å²) >= 11 is 4.53. The summed E-state index contributed by atoms with van der Waals surface area (Å²) in [5, 5.41) is 23.7. The van der Waals surface area contributed by atoms with Crippen LogP contribution in [0.15, 0.2) is 63.6 Å². The van der Waals surface area contributed by atoms with Crippen LogP contribution in [-0.4, -0.2) is 69.7 Å². The molecule has 2 amide bonds. The Morgan fingerprint density at radius 1 is 1.20 bits per heavy atom. The molecule has 216 valence electrons. The fraction of sp³-hybridized carbons (Fsp3) is 0.333. The van der Waals surface area contributed by atoms with Crippen molar-refractivity contribution in [3.8, 4) is 0 Å². The van der Waals surface area contributed by atoms with Crippen molar-refractivity contribution in [1.82, 2.24) is 10.2 Å². The Bertz CT molecular complexity index is 1400. The number of fused-ring (bicyclic) bond motifs is 1. The number of alkyl carbamates (subject to hydrolysis) is 1. The number of aliphatic hydroxyl groups is 1. The molecule has 2 aromatic rings. The van der Waals surface area contributed by atoms with Crippen LogP contribution in [-0.2, 0) is 25.7 Å². The average molecular weight is 648 g/mol. The van der Waals surface area contributed by atoms with Gasteiger partial charge in [0.25, 0.3) is 5.69 Å². The van der Waals surface area contributed by atoms with Gasteiger partial charge in [0, 0.05) is 39.7 Å². The van der Waals surface area contributed by atoms with Crippen LogP contribution in [0.25, 0.3) is 0 Å². The molecular formula is C27H26BrN3O9S. The van der Waals surface area contributed by atoms with Gasteiger partial charge < -0.3 is 24.8 Å². The van der Waals surface area contributed by atoms with Gasteiger partial charge in [-0.05, 0) is 25.1 Å². The zero-order chi connectivity index (χ0) is 29.7. The second kappa shape index (κ2) is 13.3. The maximum atomic E-state index is 13.0. The molecule has 0 saturated carbocycles. The number of hydrogen-bond acceptors (Lipinski definition) is 10. The van der Waals surface area contributed by atoms with Gasteiger partial charge in [-0.25, -0.2) is 9.59 Å². The Labute approximate surface area is 247 Å². The van der Waals surface area contributed by atoms with E-state index in [1.54, 1.807) is 30.3 Å². The van der Waals surface area contributed by atoms with Crippen LogP contribution in [0.4, 0.5) is 10.5 Å². The van der Waals surface area contributed by atoms with Crippen molar-refractivity contribution < 1.29 is 38.7 Å². The number of nitrogens with zero attached hydrogens (tertiary/aromatic N) is 2. The Morgan fingerprint density at radius 2 is 1.90 bits per heavy atom. The number of ketones is 1. The quantitative estimate of drug-likeness (QED) is 0.0868. The Balaban J connectivity index is 1.34. The second-order valence-electron chi connectivity index (χ2n) is 9.26. The lowest BCUT2D eigenvalue weighted by Crippen LogP contribution is -2.61. The summed E-state index contributed by atoms with van der Waals surface area (Å²) in [6.07, 6.45) is -1.36. The number of benzene rings is 2. The molecule has 1 saturated heterocycles. The number of nitro groups is 1. The Kier molecular flexibility index (Phi) is 9.78. The van der Waals surface area contributed by atoms with Crippen molar-refractivity contribution in [2.45, 2.75) is 32.1 Å². The van der Waals surface area contributed by atoms with Gasteiger partial charge in [-0.15, -0.1) is 11.8 Å². The van der Waals surface area contributed by atoms with Crippen molar-refractivity contribution in [1.29, 1.82) is 0 Å². The summed E-state index contributed by atoms with van der Waals surface area (Å²) in [5.41, 5.74) is 0.491. The SMILES string of the molecule is C[C@@H](O)[C@H]1C(=O)N2C(C(=O)OCC(=O)c3ccc(Br)cc3)=C(SCCNC(=O)OCc3ccccc3[N+](=O)[O-])C[C@H]12. The molecule has 3 atom stereocenters. The number of esters is 1. The highest BCUT2D eigenvalue weighted by atomic mass is 79.9. The molecule has 2 aliphatic rings. The fourth-order valence-electron chi connectivity index (χ4n) is 4.60. The van der Waals surface area contributed by atoms with E-state index in [-0.39, 0.29) is 30.1 Å². The number of nitrogens with one attached hydrogen (secondary N) is 1. The second-order valence-corrected chi connectivity index (χ2v) is 11.4. The van der Waals surface area contributed by atoms with Gasteiger partial charge in [0.05, 0.1) is 28.6 Å². The first-order valence-electron chi connectivity index (χ1n) is 12.5. The molecule has 14 heteroatoms. The first-order valence-corrected chi connectivity index (χ1v) is 14.3. The molecule has 2 heterocycles. The van der Waals surface area contributed by atoms with E-state index >= 15 is 0 Å². The summed E-state index contributed by atoms with van der Waals surface area (Å²) in [5.74, 6) is -1.98. The van der Waals surface area contributed by atoms with Crippen LogP contribution in [0.3, 0.4) is 0 Å². The third-order valence-electron chi connectivity index (χ3n) is 6.58. The van der Waals surface area contributed by atoms with E-state index in [1.165, 1.54) is 41.8 Å². The molecule has 41 heavy (non-hydrogen) atoms. The molecule has 0 spiro atoms. The minimum Gasteiger partial charge on any atom is -0.453 e. The van der Waals surface area contributed by atoms with Gasteiger partial charge in [0.15, 0.2) is 12.4 Å². The number of β-lactam (4-membered cyclic amide) rings is 1. The highest BCUT2D eigenvalue weighted by Crippen LogP contribution is 2.47. The van der Waals surface area contributed by atoms with Crippen molar-refractivity contribution in [2.75, 3.05) is 18.9 Å². The highest BCUT2D eigenvalue weighted by molar-refractivity contribution is 9.10. The number of rotatable bonds is 12. The number of aliphatic hydroxyl groups excluding tert-OH is 1. The van der Waals surface area contributed by atoms with E-state index in [2.05, 4.69) is 21.2 Å². The predicted octanol–water partition coefficient (Wildman–Crippen LogP) is 3.57. The summed E-state index contributed by atoms with van der Waals surface area (Å²) in [4.78, 5) is 62.8. The van der Waals surface area contributed by atoms with Gasteiger partial charge in [0.2, 0.25) is 5.91 Å². The lowest BCUT2D eigenvalue weighted by atomic mass is 9.83. The number of amides is 2. The summed E-state index contributed by atoms with van der Waals surface area (Å²) in [6.45, 7) is 0.851. The van der Waals surface area contributed by atoms with Gasteiger partial charge in [0.1, 0.15) is 12.3 Å². The molecule has 1 fully saturated rings. The number of halogens is 1. The summed E-state index contributed by atoms with van der Waals surface area (Å²) < 4.78 is 11.2. The first-order chi connectivity index (χ1) is 19.6. The van der Waals surface area contributed by atoms with Crippen molar-refractivity contribution in [3.05, 3.63) is 84.8 Å². The standard InChI is InChI=1S/C27H26BrN3O9S/c1-15(32)23-20-12-22(41-11-10-29-27(36)40-13-17-4-2-3-5-19(17)31(37)38)24(30(20)25(23)34)26(35)39-14-21(33)16-6-8-18(28)9-7-16/h2-9,15,20,23,32H,10-14H2,1H3,(H,29,36)/t15-,20-,23-/m1/s1. The van der Waals surface area contributed by atoms with Crippen LogP contribution in [0.1, 0.15) is 29.3 Å². The van der Waals surface area contributed by atoms with Crippen LogP contribution < -0.4 is 5.32 Å². The topological polar surface area (TPSA) is 165 Å².